The Morgan fingerprint density at radius 1 is 0.362 bits per heavy atom. The van der Waals surface area contributed by atoms with Gasteiger partial charge in [-0.15, -0.1) is 0 Å². The highest BCUT2D eigenvalue weighted by Crippen LogP contribution is 2.62. The molecule has 0 N–H and O–H groups in total. The number of aromatic nitrogens is 3. The monoisotopic (exact) mass is 740 g/mol. The Morgan fingerprint density at radius 3 is 1.41 bits per heavy atom. The molecule has 0 bridgehead atoms. The molecule has 11 rings (SSSR count). The first-order valence-electron chi connectivity index (χ1n) is 19.3. The lowest BCUT2D eigenvalue weighted by molar-refractivity contribution is 0.436. The first-order chi connectivity index (χ1) is 28.7. The lowest BCUT2D eigenvalue weighted by atomic mass is 9.65. The van der Waals surface area contributed by atoms with Crippen molar-refractivity contribution < 1.29 is 4.74 Å². The number of hydrogen-bond acceptors (Lipinski definition) is 5. The van der Waals surface area contributed by atoms with E-state index in [1.54, 1.807) is 0 Å². The fraction of sp³-hybridized carbons (Fsp3) is 0.0189. The zero-order chi connectivity index (χ0) is 38.6. The molecule has 0 fully saturated rings. The Hall–Kier alpha value is -7.94. The summed E-state index contributed by atoms with van der Waals surface area (Å²) in [7, 11) is 0. The molecule has 5 nitrogen and oxygen atoms in total. The second-order valence-electron chi connectivity index (χ2n) is 14.7. The average Bonchev–Trinajstić information content (AvgIpc) is 3.58. The summed E-state index contributed by atoms with van der Waals surface area (Å²) < 4.78 is 6.65. The maximum atomic E-state index is 9.76. The van der Waals surface area contributed by atoms with Crippen LogP contribution < -0.4 is 4.74 Å². The van der Waals surface area contributed by atoms with Crippen molar-refractivity contribution in [3.63, 3.8) is 0 Å². The van der Waals surface area contributed by atoms with Crippen LogP contribution in [-0.2, 0) is 5.41 Å². The van der Waals surface area contributed by atoms with Gasteiger partial charge in [0.25, 0.3) is 0 Å². The van der Waals surface area contributed by atoms with Crippen LogP contribution in [0.4, 0.5) is 0 Å². The second-order valence-corrected chi connectivity index (χ2v) is 14.7. The summed E-state index contributed by atoms with van der Waals surface area (Å²) in [5.74, 6) is 3.43. The summed E-state index contributed by atoms with van der Waals surface area (Å²) in [6.45, 7) is 0. The van der Waals surface area contributed by atoms with Gasteiger partial charge in [0, 0.05) is 27.8 Å². The summed E-state index contributed by atoms with van der Waals surface area (Å²) in [6.07, 6.45) is 0. The summed E-state index contributed by atoms with van der Waals surface area (Å²) in [5.41, 5.74) is 13.6. The van der Waals surface area contributed by atoms with Crippen molar-refractivity contribution in [1.29, 1.82) is 5.26 Å². The van der Waals surface area contributed by atoms with E-state index in [2.05, 4.69) is 133 Å². The van der Waals surface area contributed by atoms with Crippen molar-refractivity contribution in [1.82, 2.24) is 15.0 Å². The summed E-state index contributed by atoms with van der Waals surface area (Å²) >= 11 is 0. The van der Waals surface area contributed by atoms with Crippen molar-refractivity contribution in [2.24, 2.45) is 0 Å². The van der Waals surface area contributed by atoms with Crippen LogP contribution in [0, 0.1) is 11.3 Å². The van der Waals surface area contributed by atoms with Crippen LogP contribution in [0.15, 0.2) is 194 Å². The van der Waals surface area contributed by atoms with Gasteiger partial charge in [0.1, 0.15) is 11.5 Å². The van der Waals surface area contributed by atoms with E-state index in [1.807, 2.05) is 66.7 Å². The summed E-state index contributed by atoms with van der Waals surface area (Å²) in [4.78, 5) is 15.4. The van der Waals surface area contributed by atoms with Gasteiger partial charge in [-0.3, -0.25) is 0 Å². The zero-order valence-corrected chi connectivity index (χ0v) is 31.2. The van der Waals surface area contributed by atoms with E-state index in [0.29, 0.717) is 23.0 Å². The maximum absolute atomic E-state index is 9.76. The Balaban J connectivity index is 1.14. The van der Waals surface area contributed by atoms with E-state index in [0.717, 1.165) is 83.8 Å². The maximum Gasteiger partial charge on any atom is 0.164 e. The Kier molecular flexibility index (Phi) is 7.70. The van der Waals surface area contributed by atoms with Crippen LogP contribution in [0.25, 0.3) is 67.5 Å². The molecule has 270 valence electrons. The van der Waals surface area contributed by atoms with Crippen molar-refractivity contribution >= 4 is 0 Å². The lowest BCUT2D eigenvalue weighted by Gasteiger charge is -2.39. The van der Waals surface area contributed by atoms with Gasteiger partial charge in [-0.1, -0.05) is 158 Å². The topological polar surface area (TPSA) is 71.7 Å². The van der Waals surface area contributed by atoms with Gasteiger partial charge >= 0.3 is 0 Å². The fourth-order valence-electron chi connectivity index (χ4n) is 8.78. The van der Waals surface area contributed by atoms with Crippen molar-refractivity contribution in [3.05, 3.63) is 222 Å². The Bertz CT molecular complexity index is 3050. The van der Waals surface area contributed by atoms with Gasteiger partial charge in [0.2, 0.25) is 0 Å². The summed E-state index contributed by atoms with van der Waals surface area (Å²) in [5, 5.41) is 9.76. The van der Waals surface area contributed by atoms with E-state index in [1.165, 1.54) is 0 Å². The molecule has 0 radical (unpaired) electrons. The molecule has 8 aromatic carbocycles. The van der Waals surface area contributed by atoms with Crippen LogP contribution in [0.5, 0.6) is 11.5 Å². The molecule has 1 aliphatic heterocycles. The third-order valence-electron chi connectivity index (χ3n) is 11.4. The third kappa shape index (κ3) is 5.27. The molecule has 2 aliphatic rings. The normalized spacial score (nSPS) is 12.7. The molecule has 9 aromatic rings. The van der Waals surface area contributed by atoms with E-state index in [4.69, 9.17) is 19.7 Å². The quantitative estimate of drug-likeness (QED) is 0.176. The molecule has 0 amide bonds. The number of rotatable bonds is 5. The molecule has 5 heteroatoms. The Labute approximate surface area is 336 Å². The number of ether oxygens (including phenoxy) is 1. The molecule has 0 saturated carbocycles. The van der Waals surface area contributed by atoms with Gasteiger partial charge < -0.3 is 4.74 Å². The van der Waals surface area contributed by atoms with E-state index >= 15 is 0 Å². The number of fused-ring (bicyclic) bond motifs is 9. The van der Waals surface area contributed by atoms with E-state index in [9.17, 15) is 5.26 Å². The minimum Gasteiger partial charge on any atom is -0.457 e. The smallest absolute Gasteiger partial charge is 0.164 e. The SMILES string of the molecule is N#Cc1cccc(-c2ccc3c(c2)C2(c4ccccc4Oc4ccccc42)c2cc(-c4nc(-c5ccccc5)nc(-c5ccc(-c6ccccc6)cc5)n4)ccc2-3)c1. The van der Waals surface area contributed by atoms with E-state index < -0.39 is 5.41 Å². The van der Waals surface area contributed by atoms with Crippen molar-refractivity contribution in [2.45, 2.75) is 5.41 Å². The first-order valence-corrected chi connectivity index (χ1v) is 19.3. The second kappa shape index (κ2) is 13.4. The fourth-order valence-corrected chi connectivity index (χ4v) is 8.78. The van der Waals surface area contributed by atoms with Gasteiger partial charge in [0.15, 0.2) is 17.5 Å². The molecule has 1 aliphatic carbocycles. The number of nitriles is 1. The van der Waals surface area contributed by atoms with Crippen LogP contribution >= 0.6 is 0 Å². The molecular formula is C53H32N4O. The molecule has 0 atom stereocenters. The number of benzene rings is 8. The predicted octanol–water partition coefficient (Wildman–Crippen LogP) is 12.5. The van der Waals surface area contributed by atoms with Crippen molar-refractivity contribution in [3.8, 4) is 85.1 Å². The standard InChI is InChI=1S/C53H32N4O/c54-33-34-12-11-17-39(30-34)40-26-28-42-43-29-27-41(32-47(43)53(46(42)31-40)44-18-7-9-20-48(44)58-49-21-10-8-19-45(49)53)52-56-50(37-15-5-2-6-16-37)55-51(57-52)38-24-22-36(23-25-38)35-13-3-1-4-14-35/h1-32H. The molecule has 58 heavy (non-hydrogen) atoms. The lowest BCUT2D eigenvalue weighted by Crippen LogP contribution is -2.32. The average molecular weight is 741 g/mol. The van der Waals surface area contributed by atoms with E-state index in [-0.39, 0.29) is 0 Å². The van der Waals surface area contributed by atoms with Crippen LogP contribution in [0.3, 0.4) is 0 Å². The largest absolute Gasteiger partial charge is 0.457 e. The van der Waals surface area contributed by atoms with Crippen LogP contribution in [0.1, 0.15) is 27.8 Å². The number of hydrogen-bond donors (Lipinski definition) is 0. The first kappa shape index (κ1) is 33.4. The minimum atomic E-state index is -0.722. The van der Waals surface area contributed by atoms with Gasteiger partial charge in [-0.05, 0) is 80.9 Å². The third-order valence-corrected chi connectivity index (χ3v) is 11.4. The van der Waals surface area contributed by atoms with Crippen molar-refractivity contribution in [2.75, 3.05) is 0 Å². The van der Waals surface area contributed by atoms with Crippen LogP contribution in [-0.4, -0.2) is 15.0 Å². The molecule has 1 spiro atoms. The highest BCUT2D eigenvalue weighted by Gasteiger charge is 2.51. The minimum absolute atomic E-state index is 0.590. The molecular weight excluding hydrogens is 709 g/mol. The Morgan fingerprint density at radius 2 is 0.793 bits per heavy atom. The van der Waals surface area contributed by atoms with Gasteiger partial charge in [0.05, 0.1) is 17.0 Å². The number of nitrogens with zero attached hydrogens (tertiary/aromatic N) is 4. The zero-order valence-electron chi connectivity index (χ0n) is 31.2. The highest BCUT2D eigenvalue weighted by atomic mass is 16.5. The molecule has 2 heterocycles. The molecule has 0 unspecified atom stereocenters. The predicted molar refractivity (Wildman–Crippen MR) is 229 cm³/mol. The van der Waals surface area contributed by atoms with Gasteiger partial charge in [-0.2, -0.15) is 5.26 Å². The number of para-hydroxylation sites is 2. The van der Waals surface area contributed by atoms with Gasteiger partial charge in [-0.25, -0.2) is 15.0 Å². The van der Waals surface area contributed by atoms with Crippen LogP contribution in [0.2, 0.25) is 0 Å². The summed E-state index contributed by atoms with van der Waals surface area (Å²) in [6, 6.07) is 69.1. The molecule has 1 aromatic heterocycles. The molecule has 0 saturated heterocycles. The highest BCUT2D eigenvalue weighted by molar-refractivity contribution is 5.91.